The second-order valence-corrected chi connectivity index (χ2v) is 17.0. The number of anilines is 1. The van der Waals surface area contributed by atoms with Crippen LogP contribution in [0.4, 0.5) is 5.82 Å². The number of nitrogens with one attached hydrogen (secondary N) is 1. The van der Waals surface area contributed by atoms with Gasteiger partial charge in [0.05, 0.1) is 46.3 Å². The highest BCUT2D eigenvalue weighted by Crippen LogP contribution is 2.51. The molecular formula is C48H54N7O8P. The number of aromatic nitrogens is 4. The first-order valence-corrected chi connectivity index (χ1v) is 22.2. The van der Waals surface area contributed by atoms with Crippen LogP contribution in [0.1, 0.15) is 67.4 Å². The second-order valence-electron chi connectivity index (χ2n) is 15.6. The van der Waals surface area contributed by atoms with Crippen LogP contribution in [0.5, 0.6) is 11.5 Å². The molecule has 0 radical (unpaired) electrons. The maximum atomic E-state index is 13.3. The SMILES string of the molecule is COc1ccc(C(OC[C@H]2O[C@@H](n3cnc4c(NC(=O)c5ccccc5)ncnc43)C(OC)C2OP(OCCC#N)N(C(C)C)C(C)C)(c2ccccc2)c2ccc(OC)cc2)cc1. The smallest absolute Gasteiger partial charge is 0.259 e. The third-order valence-corrected chi connectivity index (χ3v) is 13.1. The van der Waals surface area contributed by atoms with Gasteiger partial charge in [-0.05, 0) is 80.8 Å². The average molecular weight is 888 g/mol. The van der Waals surface area contributed by atoms with Gasteiger partial charge in [0.2, 0.25) is 0 Å². The molecule has 1 saturated heterocycles. The van der Waals surface area contributed by atoms with Gasteiger partial charge in [-0.15, -0.1) is 0 Å². The highest BCUT2D eigenvalue weighted by molar-refractivity contribution is 7.44. The number of hydrogen-bond acceptors (Lipinski definition) is 13. The number of rotatable bonds is 20. The number of carbonyl (C=O) groups is 1. The topological polar surface area (TPSA) is 164 Å². The number of methoxy groups -OCH3 is 3. The van der Waals surface area contributed by atoms with E-state index in [4.69, 9.17) is 32.7 Å². The lowest BCUT2D eigenvalue weighted by atomic mass is 9.80. The van der Waals surface area contributed by atoms with Crippen LogP contribution >= 0.6 is 8.53 Å². The van der Waals surface area contributed by atoms with E-state index >= 15 is 0 Å². The van der Waals surface area contributed by atoms with E-state index in [9.17, 15) is 10.1 Å². The lowest BCUT2D eigenvalue weighted by molar-refractivity contribution is -0.0938. The average Bonchev–Trinajstić information content (AvgIpc) is 3.91. The van der Waals surface area contributed by atoms with Gasteiger partial charge in [-0.1, -0.05) is 72.8 Å². The summed E-state index contributed by atoms with van der Waals surface area (Å²) >= 11 is 0. The van der Waals surface area contributed by atoms with Gasteiger partial charge in [-0.2, -0.15) is 5.26 Å². The Morgan fingerprint density at radius 1 is 0.828 bits per heavy atom. The molecule has 0 saturated carbocycles. The molecule has 1 aliphatic rings. The minimum Gasteiger partial charge on any atom is -0.497 e. The minimum absolute atomic E-state index is 0.00129. The van der Waals surface area contributed by atoms with Gasteiger partial charge in [0.15, 0.2) is 23.2 Å². The predicted molar refractivity (Wildman–Crippen MR) is 243 cm³/mol. The fourth-order valence-corrected chi connectivity index (χ4v) is 9.79. The summed E-state index contributed by atoms with van der Waals surface area (Å²) in [5.41, 5.74) is 2.61. The first kappa shape index (κ1) is 46.2. The van der Waals surface area contributed by atoms with Crippen molar-refractivity contribution in [1.82, 2.24) is 24.2 Å². The number of amides is 1. The van der Waals surface area contributed by atoms with Crippen LogP contribution in [-0.2, 0) is 28.9 Å². The van der Waals surface area contributed by atoms with E-state index in [1.54, 1.807) is 56.5 Å². The molecule has 15 nitrogen and oxygen atoms in total. The summed E-state index contributed by atoms with van der Waals surface area (Å²) in [7, 11) is 3.10. The quantitative estimate of drug-likeness (QED) is 0.0440. The van der Waals surface area contributed by atoms with E-state index < -0.39 is 38.7 Å². The van der Waals surface area contributed by atoms with E-state index in [0.29, 0.717) is 28.2 Å². The lowest BCUT2D eigenvalue weighted by Crippen LogP contribution is -2.42. The molecule has 5 atom stereocenters. The summed E-state index contributed by atoms with van der Waals surface area (Å²) in [6.45, 7) is 8.49. The number of benzene rings is 4. The number of ether oxygens (including phenoxy) is 5. The van der Waals surface area contributed by atoms with Crippen molar-refractivity contribution in [3.63, 3.8) is 0 Å². The molecule has 0 aliphatic carbocycles. The number of fused-ring (bicyclic) bond motifs is 1. The van der Waals surface area contributed by atoms with Gasteiger partial charge >= 0.3 is 0 Å². The van der Waals surface area contributed by atoms with Crippen molar-refractivity contribution >= 4 is 31.4 Å². The first-order chi connectivity index (χ1) is 31.1. The largest absolute Gasteiger partial charge is 0.497 e. The molecule has 2 aromatic heterocycles. The maximum absolute atomic E-state index is 13.3. The summed E-state index contributed by atoms with van der Waals surface area (Å²) in [4.78, 5) is 26.9. The van der Waals surface area contributed by atoms with E-state index in [-0.39, 0.29) is 43.4 Å². The van der Waals surface area contributed by atoms with Crippen molar-refractivity contribution < 1.29 is 37.5 Å². The fraction of sp³-hybridized carbons (Fsp3) is 0.354. The number of nitrogens with zero attached hydrogens (tertiary/aromatic N) is 6. The molecule has 6 aromatic rings. The van der Waals surface area contributed by atoms with Gasteiger partial charge in [0.1, 0.15) is 41.7 Å². The number of imidazole rings is 1. The molecular weight excluding hydrogens is 834 g/mol. The Labute approximate surface area is 375 Å². The number of nitriles is 1. The van der Waals surface area contributed by atoms with Gasteiger partial charge < -0.3 is 38.0 Å². The van der Waals surface area contributed by atoms with Gasteiger partial charge in [-0.25, -0.2) is 19.6 Å². The summed E-state index contributed by atoms with van der Waals surface area (Å²) in [6.07, 6.45) is -0.0342. The molecule has 1 amide bonds. The summed E-state index contributed by atoms with van der Waals surface area (Å²) in [6, 6.07) is 36.7. The van der Waals surface area contributed by atoms with Crippen LogP contribution in [0.3, 0.4) is 0 Å². The molecule has 1 fully saturated rings. The predicted octanol–water partition coefficient (Wildman–Crippen LogP) is 8.68. The van der Waals surface area contributed by atoms with E-state index in [1.165, 1.54) is 6.33 Å². The zero-order chi connectivity index (χ0) is 45.2. The molecule has 1 N–H and O–H groups in total. The molecule has 4 aromatic carbocycles. The Kier molecular flexibility index (Phi) is 15.3. The van der Waals surface area contributed by atoms with Gasteiger partial charge in [-0.3, -0.25) is 9.36 Å². The zero-order valence-electron chi connectivity index (χ0n) is 37.0. The third kappa shape index (κ3) is 9.79. The van der Waals surface area contributed by atoms with E-state index in [2.05, 4.69) is 58.7 Å². The second kappa shape index (κ2) is 21.2. The van der Waals surface area contributed by atoms with Gasteiger partial charge in [0, 0.05) is 24.8 Å². The molecule has 16 heteroatoms. The Balaban J connectivity index is 1.33. The molecule has 0 spiro atoms. The van der Waals surface area contributed by atoms with Crippen molar-refractivity contribution in [2.75, 3.05) is 39.9 Å². The summed E-state index contributed by atoms with van der Waals surface area (Å²) < 4.78 is 49.5. The van der Waals surface area contributed by atoms with Crippen LogP contribution in [0, 0.1) is 11.3 Å². The Hall–Kier alpha value is -5.82. The van der Waals surface area contributed by atoms with Crippen LogP contribution in [-0.4, -0.2) is 95.0 Å². The standard InChI is InChI=1S/C48H54N7O8P/c1-32(2)55(33(3)4)64(61-28-14-27-49)63-42-40(62-47(43(42)59-7)54-31-52-41-44(50-30-51-45(41)54)53-46(56)34-15-10-8-11-16-34)29-60-48(35-17-12-9-13-18-35,36-19-23-38(57-5)24-20-36)37-21-25-39(58-6)26-22-37/h8-13,15-26,30-33,40,42-43,47H,14,28-29H2,1-7H3,(H,50,51,53,56)/t40-,42?,43?,47-,64?/m1/s1. The fourth-order valence-electron chi connectivity index (χ4n) is 8.02. The Morgan fingerprint density at radius 2 is 1.42 bits per heavy atom. The summed E-state index contributed by atoms with van der Waals surface area (Å²) in [5, 5.41) is 12.4. The first-order valence-electron chi connectivity index (χ1n) is 21.1. The van der Waals surface area contributed by atoms with Gasteiger partial charge in [0.25, 0.3) is 14.4 Å². The molecule has 64 heavy (non-hydrogen) atoms. The van der Waals surface area contributed by atoms with Crippen LogP contribution in [0.25, 0.3) is 11.2 Å². The minimum atomic E-state index is -1.77. The normalized spacial score (nSPS) is 18.1. The number of carbonyl (C=O) groups excluding carboxylic acids is 1. The van der Waals surface area contributed by atoms with Crippen molar-refractivity contribution in [1.29, 1.82) is 5.26 Å². The summed E-state index contributed by atoms with van der Waals surface area (Å²) in [5.74, 6) is 1.29. The van der Waals surface area contributed by atoms with Crippen molar-refractivity contribution in [3.8, 4) is 17.6 Å². The number of hydrogen-bond donors (Lipinski definition) is 1. The zero-order valence-corrected chi connectivity index (χ0v) is 37.9. The molecule has 334 valence electrons. The molecule has 1 aliphatic heterocycles. The van der Waals surface area contributed by atoms with Crippen molar-refractivity contribution in [3.05, 3.63) is 144 Å². The highest BCUT2D eigenvalue weighted by Gasteiger charge is 2.51. The van der Waals surface area contributed by atoms with Crippen molar-refractivity contribution in [2.45, 2.75) is 76.3 Å². The van der Waals surface area contributed by atoms with E-state index in [1.807, 2.05) is 84.9 Å². The van der Waals surface area contributed by atoms with Crippen LogP contribution in [0.15, 0.2) is 122 Å². The van der Waals surface area contributed by atoms with Crippen LogP contribution in [0.2, 0.25) is 0 Å². The molecule has 3 heterocycles. The Bertz CT molecular complexity index is 2410. The monoisotopic (exact) mass is 887 g/mol. The van der Waals surface area contributed by atoms with Crippen molar-refractivity contribution in [2.24, 2.45) is 0 Å². The third-order valence-electron chi connectivity index (χ3n) is 11.0. The highest BCUT2D eigenvalue weighted by atomic mass is 31.2. The molecule has 3 unspecified atom stereocenters. The Morgan fingerprint density at radius 3 is 1.98 bits per heavy atom. The van der Waals surface area contributed by atoms with Crippen LogP contribution < -0.4 is 14.8 Å². The maximum Gasteiger partial charge on any atom is 0.259 e. The molecule has 0 bridgehead atoms. The van der Waals surface area contributed by atoms with E-state index in [0.717, 1.165) is 16.7 Å². The lowest BCUT2D eigenvalue weighted by Gasteiger charge is -2.39. The molecule has 7 rings (SSSR count).